The van der Waals surface area contributed by atoms with Crippen molar-refractivity contribution in [1.29, 1.82) is 0 Å². The van der Waals surface area contributed by atoms with E-state index in [1.165, 1.54) is 23.9 Å². The van der Waals surface area contributed by atoms with E-state index in [2.05, 4.69) is 66.1 Å². The Kier molecular flexibility index (Phi) is 10.2. The average Bonchev–Trinajstić information content (AvgIpc) is 3.51. The lowest BCUT2D eigenvalue weighted by molar-refractivity contribution is 0.452. The molecule has 0 aliphatic heterocycles. The van der Waals surface area contributed by atoms with Crippen LogP contribution in [-0.4, -0.2) is 53.2 Å². The molecule has 1 aromatic carbocycles. The molecular weight excluding hydrogens is 490 g/mol. The topological polar surface area (TPSA) is 93.1 Å². The number of benzene rings is 1. The molecular formula is C27H36ClN7S. The summed E-state index contributed by atoms with van der Waals surface area (Å²) in [6.07, 6.45) is 15.0. The molecule has 1 aliphatic rings. The van der Waals surface area contributed by atoms with Gasteiger partial charge in [-0.15, -0.1) is 0 Å². The molecule has 9 heteroatoms. The van der Waals surface area contributed by atoms with E-state index < -0.39 is 0 Å². The number of allylic oxidation sites excluding steroid dienone is 1. The van der Waals surface area contributed by atoms with Gasteiger partial charge in [0.25, 0.3) is 0 Å². The first-order valence-electron chi connectivity index (χ1n) is 12.7. The molecule has 2 unspecified atom stereocenters. The second-order valence-corrected chi connectivity index (χ2v) is 10.2. The van der Waals surface area contributed by atoms with E-state index in [9.17, 15) is 0 Å². The number of hydrogen-bond acceptors (Lipinski definition) is 7. The predicted octanol–water partition coefficient (Wildman–Crippen LogP) is 4.89. The minimum absolute atomic E-state index is 0.258. The van der Waals surface area contributed by atoms with Crippen molar-refractivity contribution < 1.29 is 0 Å². The molecule has 7 nitrogen and oxygen atoms in total. The summed E-state index contributed by atoms with van der Waals surface area (Å²) in [5.74, 6) is 0.654. The molecule has 36 heavy (non-hydrogen) atoms. The Bertz CT molecular complexity index is 1160. The van der Waals surface area contributed by atoms with E-state index in [4.69, 9.17) is 17.3 Å². The largest absolute Gasteiger partial charge is 0.398 e. The molecule has 2 aromatic heterocycles. The lowest BCUT2D eigenvalue weighted by Gasteiger charge is -2.15. The zero-order valence-corrected chi connectivity index (χ0v) is 22.4. The van der Waals surface area contributed by atoms with Crippen molar-refractivity contribution in [3.05, 3.63) is 65.2 Å². The lowest BCUT2D eigenvalue weighted by Crippen LogP contribution is -2.26. The van der Waals surface area contributed by atoms with E-state index in [-0.39, 0.29) is 5.28 Å². The highest BCUT2D eigenvalue weighted by molar-refractivity contribution is 7.97. The summed E-state index contributed by atoms with van der Waals surface area (Å²) in [7, 11) is 0. The summed E-state index contributed by atoms with van der Waals surface area (Å²) < 4.78 is 6.41. The molecule has 3 aromatic rings. The molecule has 1 fully saturated rings. The Hall–Kier alpha value is -2.39. The summed E-state index contributed by atoms with van der Waals surface area (Å²) in [6, 6.07) is 11.0. The zero-order valence-electron chi connectivity index (χ0n) is 20.9. The van der Waals surface area contributed by atoms with Crippen molar-refractivity contribution >= 4 is 46.5 Å². The molecule has 0 radical (unpaired) electrons. The third-order valence-corrected chi connectivity index (χ3v) is 7.27. The number of hydrogen-bond donors (Lipinski definition) is 3. The van der Waals surface area contributed by atoms with Crippen LogP contribution in [0.1, 0.15) is 42.9 Å². The van der Waals surface area contributed by atoms with Crippen molar-refractivity contribution in [2.45, 2.75) is 38.1 Å². The van der Waals surface area contributed by atoms with Gasteiger partial charge < -0.3 is 20.9 Å². The number of fused-ring (bicyclic) bond motifs is 1. The summed E-state index contributed by atoms with van der Waals surface area (Å²) in [5, 5.41) is 8.40. The molecule has 0 spiro atoms. The Morgan fingerprint density at radius 3 is 2.89 bits per heavy atom. The molecule has 192 valence electrons. The minimum atomic E-state index is 0.258. The fourth-order valence-corrected chi connectivity index (χ4v) is 5.22. The molecule has 1 aliphatic carbocycles. The highest BCUT2D eigenvalue weighted by atomic mass is 35.5. The van der Waals surface area contributed by atoms with Gasteiger partial charge in [0.15, 0.2) is 0 Å². The van der Waals surface area contributed by atoms with Crippen LogP contribution in [-0.2, 0) is 6.42 Å². The first-order valence-corrected chi connectivity index (χ1v) is 14.2. The van der Waals surface area contributed by atoms with Crippen LogP contribution in [0.4, 0.5) is 0 Å². The lowest BCUT2D eigenvalue weighted by atomic mass is 10.1. The van der Waals surface area contributed by atoms with Crippen LogP contribution in [0.5, 0.6) is 0 Å². The van der Waals surface area contributed by atoms with E-state index in [0.717, 1.165) is 68.5 Å². The van der Waals surface area contributed by atoms with Crippen LogP contribution >= 0.6 is 23.5 Å². The number of nitrogens with zero attached hydrogens (tertiary/aromatic N) is 4. The number of nitrogens with two attached hydrogens (primary N) is 1. The Morgan fingerprint density at radius 1 is 1.22 bits per heavy atom. The van der Waals surface area contributed by atoms with Crippen molar-refractivity contribution in [3.8, 4) is 0 Å². The van der Waals surface area contributed by atoms with Crippen LogP contribution < -0.4 is 16.4 Å². The fraction of sp³-hybridized carbons (Fsp3) is 0.444. The summed E-state index contributed by atoms with van der Waals surface area (Å²) in [4.78, 5) is 8.75. The van der Waals surface area contributed by atoms with Gasteiger partial charge in [-0.2, -0.15) is 4.98 Å². The Labute approximate surface area is 223 Å². The van der Waals surface area contributed by atoms with Gasteiger partial charge in [0, 0.05) is 47.6 Å². The molecule has 0 amide bonds. The second-order valence-electron chi connectivity index (χ2n) is 9.26. The molecule has 2 atom stereocenters. The van der Waals surface area contributed by atoms with Gasteiger partial charge in [-0.3, -0.25) is 0 Å². The van der Waals surface area contributed by atoms with Crippen LogP contribution in [0, 0.1) is 5.92 Å². The second kappa shape index (κ2) is 13.8. The molecule has 2 heterocycles. The molecule has 4 N–H and O–H groups in total. The van der Waals surface area contributed by atoms with Crippen molar-refractivity contribution in [1.82, 2.24) is 25.2 Å². The minimum Gasteiger partial charge on any atom is -0.398 e. The van der Waals surface area contributed by atoms with E-state index in [1.54, 1.807) is 12.4 Å². The summed E-state index contributed by atoms with van der Waals surface area (Å²) in [5.41, 5.74) is 10.2. The predicted molar refractivity (Wildman–Crippen MR) is 154 cm³/mol. The van der Waals surface area contributed by atoms with Gasteiger partial charge in [0.1, 0.15) is 5.65 Å². The van der Waals surface area contributed by atoms with Crippen LogP contribution in [0.3, 0.4) is 0 Å². The van der Waals surface area contributed by atoms with Gasteiger partial charge in [-0.05, 0) is 99.4 Å². The number of rotatable bonds is 13. The Morgan fingerprint density at radius 2 is 2.06 bits per heavy atom. The number of aromatic nitrogens is 3. The Balaban J connectivity index is 1.25. The fourth-order valence-electron chi connectivity index (χ4n) is 4.91. The first-order chi connectivity index (χ1) is 17.7. The normalized spacial score (nSPS) is 18.6. The summed E-state index contributed by atoms with van der Waals surface area (Å²) in [6.45, 7) is 4.16. The van der Waals surface area contributed by atoms with Crippen LogP contribution in [0.2, 0.25) is 5.28 Å². The van der Waals surface area contributed by atoms with Crippen molar-refractivity contribution in [2.75, 3.05) is 32.4 Å². The zero-order chi connectivity index (χ0) is 25.2. The molecule has 0 bridgehead atoms. The van der Waals surface area contributed by atoms with E-state index in [0.29, 0.717) is 17.7 Å². The molecule has 1 saturated carbocycles. The maximum absolute atomic E-state index is 6.38. The van der Waals surface area contributed by atoms with E-state index >= 15 is 0 Å². The van der Waals surface area contributed by atoms with Gasteiger partial charge in [0.05, 0.1) is 0 Å². The number of nitrogens with one attached hydrogen (secondary N) is 2. The average molecular weight is 526 g/mol. The van der Waals surface area contributed by atoms with Crippen molar-refractivity contribution in [2.24, 2.45) is 16.0 Å². The standard InChI is InChI=1S/C27H36ClN7S/c1-36-33-15-11-25(29)24-19-35(26-23(24)18-32-27(28)34-26)22-9-8-21(16-22)17-31-13-5-12-30-14-10-20-6-3-2-4-7-20/h2-4,6-7,11,15,18-19,21-22,30-31H,5,8-10,12-14,16-17,29H2,1H3/b25-11-,33-15+. The highest BCUT2D eigenvalue weighted by Crippen LogP contribution is 2.38. The van der Waals surface area contributed by atoms with Gasteiger partial charge in [-0.25, -0.2) is 9.38 Å². The van der Waals surface area contributed by atoms with Crippen molar-refractivity contribution in [3.63, 3.8) is 0 Å². The first kappa shape index (κ1) is 26.7. The third kappa shape index (κ3) is 7.32. The molecule has 4 rings (SSSR count). The quantitative estimate of drug-likeness (QED) is 0.127. The van der Waals surface area contributed by atoms with Gasteiger partial charge >= 0.3 is 0 Å². The van der Waals surface area contributed by atoms with Gasteiger partial charge in [-0.1, -0.05) is 30.3 Å². The van der Waals surface area contributed by atoms with Gasteiger partial charge in [0.2, 0.25) is 5.28 Å². The number of halogens is 1. The molecule has 0 saturated heterocycles. The van der Waals surface area contributed by atoms with Crippen LogP contribution in [0.15, 0.2) is 53.2 Å². The smallest absolute Gasteiger partial charge is 0.224 e. The van der Waals surface area contributed by atoms with Crippen LogP contribution in [0.25, 0.3) is 16.7 Å². The SMILES string of the molecule is CS/N=C/C=C(\N)c1cn(C2CCC(CNCCCNCCc3ccccc3)C2)c2nc(Cl)ncc12. The maximum atomic E-state index is 6.38. The monoisotopic (exact) mass is 525 g/mol. The maximum Gasteiger partial charge on any atom is 0.224 e. The third-order valence-electron chi connectivity index (χ3n) is 6.75. The van der Waals surface area contributed by atoms with E-state index in [1.807, 2.05) is 12.3 Å². The highest BCUT2D eigenvalue weighted by Gasteiger charge is 2.28. The summed E-state index contributed by atoms with van der Waals surface area (Å²) >= 11 is 7.55.